The zero-order valence-corrected chi connectivity index (χ0v) is 10.2. The number of hydrogen-bond donors (Lipinski definition) is 1. The van der Waals surface area contributed by atoms with E-state index in [1.807, 2.05) is 0 Å². The molecule has 1 aliphatic rings. The van der Waals surface area contributed by atoms with Gasteiger partial charge < -0.3 is 5.32 Å². The fraction of sp³-hybridized carbons (Fsp3) is 1.00. The second-order valence-electron chi connectivity index (χ2n) is 4.29. The van der Waals surface area contributed by atoms with E-state index in [1.54, 1.807) is 6.26 Å². The van der Waals surface area contributed by atoms with Crippen molar-refractivity contribution in [1.29, 1.82) is 0 Å². The van der Waals surface area contributed by atoms with E-state index in [4.69, 9.17) is 0 Å². The molecule has 3 unspecified atom stereocenters. The summed E-state index contributed by atoms with van der Waals surface area (Å²) in [7, 11) is -0.646. The molecule has 0 heterocycles. The summed E-state index contributed by atoms with van der Waals surface area (Å²) in [4.78, 5) is 0. The van der Waals surface area contributed by atoms with Gasteiger partial charge in [-0.25, -0.2) is 0 Å². The molecule has 0 aromatic heterocycles. The Balaban J connectivity index is 2.22. The summed E-state index contributed by atoms with van der Waals surface area (Å²) in [5.41, 5.74) is 0. The van der Waals surface area contributed by atoms with Gasteiger partial charge in [0.05, 0.1) is 0 Å². The molecule has 0 radical (unpaired) electrons. The van der Waals surface area contributed by atoms with Crippen LogP contribution in [0.3, 0.4) is 0 Å². The first-order valence-electron chi connectivity index (χ1n) is 5.77. The highest BCUT2D eigenvalue weighted by atomic mass is 32.2. The minimum absolute atomic E-state index is 0.646. The van der Waals surface area contributed by atoms with Gasteiger partial charge in [-0.3, -0.25) is 4.21 Å². The lowest BCUT2D eigenvalue weighted by Crippen LogP contribution is -2.40. The van der Waals surface area contributed by atoms with Crippen LogP contribution in [-0.4, -0.2) is 28.8 Å². The maximum Gasteiger partial charge on any atom is 0.0357 e. The summed E-state index contributed by atoms with van der Waals surface area (Å²) in [5, 5.41) is 3.56. The van der Waals surface area contributed by atoms with Gasteiger partial charge in [-0.1, -0.05) is 26.2 Å². The van der Waals surface area contributed by atoms with Gasteiger partial charge in [-0.15, -0.1) is 0 Å². The smallest absolute Gasteiger partial charge is 0.0357 e. The standard InChI is InChI=1S/C11H23NOS/c1-3-10-6-4-5-7-11(10)12-8-9-14(2)13/h10-12H,3-9H2,1-2H3. The molecule has 14 heavy (non-hydrogen) atoms. The number of hydrogen-bond acceptors (Lipinski definition) is 2. The average molecular weight is 217 g/mol. The van der Waals surface area contributed by atoms with E-state index in [1.165, 1.54) is 32.1 Å². The van der Waals surface area contributed by atoms with Gasteiger partial charge in [0.25, 0.3) is 0 Å². The molecule has 84 valence electrons. The van der Waals surface area contributed by atoms with Gasteiger partial charge in [0.15, 0.2) is 0 Å². The van der Waals surface area contributed by atoms with E-state index in [0.717, 1.165) is 18.2 Å². The molecular weight excluding hydrogens is 194 g/mol. The van der Waals surface area contributed by atoms with E-state index in [0.29, 0.717) is 6.04 Å². The van der Waals surface area contributed by atoms with Crippen molar-refractivity contribution in [3.63, 3.8) is 0 Å². The lowest BCUT2D eigenvalue weighted by atomic mass is 9.83. The van der Waals surface area contributed by atoms with Crippen molar-refractivity contribution in [3.8, 4) is 0 Å². The highest BCUT2D eigenvalue weighted by molar-refractivity contribution is 7.84. The van der Waals surface area contributed by atoms with Crippen molar-refractivity contribution < 1.29 is 4.21 Å². The minimum Gasteiger partial charge on any atom is -0.313 e. The van der Waals surface area contributed by atoms with Crippen LogP contribution in [0.2, 0.25) is 0 Å². The number of rotatable bonds is 5. The molecule has 1 saturated carbocycles. The van der Waals surface area contributed by atoms with Crippen molar-refractivity contribution in [2.24, 2.45) is 5.92 Å². The molecule has 3 heteroatoms. The van der Waals surface area contributed by atoms with Gasteiger partial charge >= 0.3 is 0 Å². The Kier molecular flexibility index (Phi) is 5.71. The first kappa shape index (κ1) is 12.2. The van der Waals surface area contributed by atoms with Gasteiger partial charge in [0.1, 0.15) is 0 Å². The molecule has 0 aliphatic heterocycles. The van der Waals surface area contributed by atoms with E-state index in [9.17, 15) is 4.21 Å². The first-order valence-corrected chi connectivity index (χ1v) is 7.50. The van der Waals surface area contributed by atoms with Crippen LogP contribution >= 0.6 is 0 Å². The zero-order valence-electron chi connectivity index (χ0n) is 9.42. The van der Waals surface area contributed by atoms with Crippen LogP contribution in [-0.2, 0) is 10.8 Å². The van der Waals surface area contributed by atoms with Crippen molar-refractivity contribution in [1.82, 2.24) is 5.32 Å². The zero-order chi connectivity index (χ0) is 10.4. The molecule has 3 atom stereocenters. The quantitative estimate of drug-likeness (QED) is 0.762. The fourth-order valence-electron chi connectivity index (χ4n) is 2.35. The van der Waals surface area contributed by atoms with Crippen LogP contribution in [0.1, 0.15) is 39.0 Å². The largest absolute Gasteiger partial charge is 0.313 e. The second-order valence-corrected chi connectivity index (χ2v) is 5.85. The van der Waals surface area contributed by atoms with Gasteiger partial charge in [-0.05, 0) is 18.8 Å². The Morgan fingerprint density at radius 2 is 2.07 bits per heavy atom. The minimum atomic E-state index is -0.646. The molecule has 0 amide bonds. The van der Waals surface area contributed by atoms with Gasteiger partial charge in [-0.2, -0.15) is 0 Å². The molecule has 0 bridgehead atoms. The summed E-state index contributed by atoms with van der Waals surface area (Å²) in [6.07, 6.45) is 8.52. The Hall–Kier alpha value is 0.110. The predicted octanol–water partition coefficient (Wildman–Crippen LogP) is 1.92. The van der Waals surface area contributed by atoms with E-state index in [2.05, 4.69) is 12.2 Å². The second kappa shape index (κ2) is 6.57. The Labute approximate surface area is 90.3 Å². The van der Waals surface area contributed by atoms with Gasteiger partial charge in [0, 0.05) is 35.4 Å². The summed E-state index contributed by atoms with van der Waals surface area (Å²) < 4.78 is 10.9. The molecule has 0 saturated heterocycles. The van der Waals surface area contributed by atoms with Crippen LogP contribution < -0.4 is 5.32 Å². The lowest BCUT2D eigenvalue weighted by Gasteiger charge is -2.31. The van der Waals surface area contributed by atoms with E-state index < -0.39 is 10.8 Å². The summed E-state index contributed by atoms with van der Waals surface area (Å²) in [5.74, 6) is 1.65. The Bertz CT molecular complexity index is 184. The first-order chi connectivity index (χ1) is 6.74. The van der Waals surface area contributed by atoms with E-state index in [-0.39, 0.29) is 0 Å². The molecule has 1 N–H and O–H groups in total. The highest BCUT2D eigenvalue weighted by Gasteiger charge is 2.22. The molecule has 0 aromatic carbocycles. The molecule has 1 fully saturated rings. The maximum atomic E-state index is 10.9. The summed E-state index contributed by atoms with van der Waals surface area (Å²) in [6.45, 7) is 3.20. The van der Waals surface area contributed by atoms with Crippen LogP contribution in [0.5, 0.6) is 0 Å². The summed E-state index contributed by atoms with van der Waals surface area (Å²) >= 11 is 0. The topological polar surface area (TPSA) is 29.1 Å². The molecular formula is C11H23NOS. The molecule has 0 spiro atoms. The van der Waals surface area contributed by atoms with Crippen LogP contribution in [0.25, 0.3) is 0 Å². The van der Waals surface area contributed by atoms with Crippen molar-refractivity contribution in [2.45, 2.75) is 45.1 Å². The van der Waals surface area contributed by atoms with Gasteiger partial charge in [0.2, 0.25) is 0 Å². The van der Waals surface area contributed by atoms with Crippen LogP contribution in [0.4, 0.5) is 0 Å². The average Bonchev–Trinajstić information content (AvgIpc) is 2.18. The van der Waals surface area contributed by atoms with Crippen LogP contribution in [0.15, 0.2) is 0 Å². The fourth-order valence-corrected chi connectivity index (χ4v) is 2.76. The monoisotopic (exact) mass is 217 g/mol. The van der Waals surface area contributed by atoms with Crippen molar-refractivity contribution in [2.75, 3.05) is 18.6 Å². The van der Waals surface area contributed by atoms with Crippen LogP contribution in [0, 0.1) is 5.92 Å². The third-order valence-electron chi connectivity index (χ3n) is 3.23. The lowest BCUT2D eigenvalue weighted by molar-refractivity contribution is 0.259. The Morgan fingerprint density at radius 3 is 2.71 bits per heavy atom. The number of nitrogens with one attached hydrogen (secondary N) is 1. The van der Waals surface area contributed by atoms with Crippen molar-refractivity contribution >= 4 is 10.8 Å². The predicted molar refractivity (Wildman–Crippen MR) is 63.0 cm³/mol. The molecule has 1 aliphatic carbocycles. The SMILES string of the molecule is CCC1CCCCC1NCCS(C)=O. The maximum absolute atomic E-state index is 10.9. The molecule has 0 aromatic rings. The molecule has 1 rings (SSSR count). The summed E-state index contributed by atoms with van der Waals surface area (Å²) in [6, 6.07) is 0.692. The third-order valence-corrected chi connectivity index (χ3v) is 4.01. The van der Waals surface area contributed by atoms with Crippen molar-refractivity contribution in [3.05, 3.63) is 0 Å². The Morgan fingerprint density at radius 1 is 1.36 bits per heavy atom. The molecule has 2 nitrogen and oxygen atoms in total. The van der Waals surface area contributed by atoms with E-state index >= 15 is 0 Å². The normalized spacial score (nSPS) is 30.1. The third kappa shape index (κ3) is 4.09. The highest BCUT2D eigenvalue weighted by Crippen LogP contribution is 2.26.